The van der Waals surface area contributed by atoms with Gasteiger partial charge in [0.25, 0.3) is 0 Å². The van der Waals surface area contributed by atoms with Crippen molar-refractivity contribution in [1.82, 2.24) is 53.2 Å². The van der Waals surface area contributed by atoms with Gasteiger partial charge >= 0.3 is 5.97 Å². The molecule has 0 spiro atoms. The molecule has 32 heteroatoms. The van der Waals surface area contributed by atoms with Crippen LogP contribution in [-0.4, -0.2) is 181 Å². The first-order chi connectivity index (χ1) is 35.0. The molecule has 0 aromatic rings. The number of carbonyl (C=O) groups is 10. The fourth-order valence-corrected chi connectivity index (χ4v) is 9.35. The molecule has 2 aliphatic heterocycles. The van der Waals surface area contributed by atoms with Crippen LogP contribution in [0.2, 0.25) is 0 Å². The van der Waals surface area contributed by atoms with Crippen molar-refractivity contribution in [2.24, 2.45) is 55.3 Å². The quantitative estimate of drug-likeness (QED) is 0.0247. The highest BCUT2D eigenvalue weighted by molar-refractivity contribution is 8.76. The lowest BCUT2D eigenvalue weighted by Crippen LogP contribution is -2.60. The average molecular weight is 1090 g/mol. The predicted molar refractivity (Wildman–Crippen MR) is 278 cm³/mol. The van der Waals surface area contributed by atoms with E-state index >= 15 is 0 Å². The summed E-state index contributed by atoms with van der Waals surface area (Å²) in [6.45, 7) is 4.14. The van der Waals surface area contributed by atoms with E-state index in [0.29, 0.717) is 25.8 Å². The lowest BCUT2D eigenvalue weighted by atomic mass is 9.97. The molecule has 0 aromatic heterocycles. The number of aliphatic carboxylic acids is 1. The zero-order valence-corrected chi connectivity index (χ0v) is 43.5. The van der Waals surface area contributed by atoms with E-state index in [0.717, 1.165) is 21.6 Å². The van der Waals surface area contributed by atoms with Gasteiger partial charge in [-0.2, -0.15) is 0 Å². The number of nitrogens with zero attached hydrogens (tertiary/aromatic N) is 3. The highest BCUT2D eigenvalue weighted by Crippen LogP contribution is 2.24. The number of carbonyl (C=O) groups excluding carboxylic acids is 9. The Morgan fingerprint density at radius 1 is 0.676 bits per heavy atom. The van der Waals surface area contributed by atoms with Crippen molar-refractivity contribution in [1.29, 1.82) is 0 Å². The van der Waals surface area contributed by atoms with Crippen molar-refractivity contribution < 1.29 is 53.1 Å². The van der Waals surface area contributed by atoms with E-state index < -0.39 is 126 Å². The van der Waals surface area contributed by atoms with Crippen LogP contribution in [0.4, 0.5) is 0 Å². The molecule has 74 heavy (non-hydrogen) atoms. The molecule has 2 fully saturated rings. The number of aliphatic imine (C=N–C) groups is 3. The van der Waals surface area contributed by atoms with Crippen LogP contribution in [0.5, 0.6) is 0 Å². The molecule has 23 N–H and O–H groups in total. The lowest BCUT2D eigenvalue weighted by Gasteiger charge is -2.28. The Morgan fingerprint density at radius 2 is 1.23 bits per heavy atom. The smallest absolute Gasteiger partial charge is 0.326 e. The largest absolute Gasteiger partial charge is 0.480 e. The summed E-state index contributed by atoms with van der Waals surface area (Å²) >= 11 is 0. The lowest BCUT2D eigenvalue weighted by molar-refractivity contribution is -0.142. The van der Waals surface area contributed by atoms with E-state index in [2.05, 4.69) is 68.1 Å². The fourth-order valence-electron chi connectivity index (χ4n) is 7.03. The molecule has 0 bridgehead atoms. The number of amides is 9. The van der Waals surface area contributed by atoms with Gasteiger partial charge in [-0.05, 0) is 70.8 Å². The minimum absolute atomic E-state index is 0.0407. The molecule has 0 aromatic carbocycles. The van der Waals surface area contributed by atoms with Crippen LogP contribution in [0.3, 0.4) is 0 Å². The maximum Gasteiger partial charge on any atom is 0.326 e. The summed E-state index contributed by atoms with van der Waals surface area (Å²) in [5.74, 6) is -10.2. The number of guanidine groups is 3. The van der Waals surface area contributed by atoms with E-state index in [1.165, 1.54) is 6.92 Å². The second-order valence-electron chi connectivity index (χ2n) is 17.4. The summed E-state index contributed by atoms with van der Waals surface area (Å²) in [5, 5.41) is 35.8. The molecule has 0 aliphatic carbocycles. The van der Waals surface area contributed by atoms with Gasteiger partial charge in [0.15, 0.2) is 17.9 Å². The Morgan fingerprint density at radius 3 is 1.78 bits per heavy atom. The van der Waals surface area contributed by atoms with Crippen LogP contribution in [0.15, 0.2) is 15.0 Å². The molecule has 2 saturated heterocycles. The van der Waals surface area contributed by atoms with Crippen molar-refractivity contribution in [3.8, 4) is 0 Å². The second-order valence-corrected chi connectivity index (χ2v) is 19.9. The minimum Gasteiger partial charge on any atom is -0.480 e. The summed E-state index contributed by atoms with van der Waals surface area (Å²) in [6.07, 6.45) is 1.84. The van der Waals surface area contributed by atoms with Crippen LogP contribution in [0, 0.1) is 5.92 Å². The Kier molecular flexibility index (Phi) is 28.9. The van der Waals surface area contributed by atoms with E-state index in [9.17, 15) is 53.1 Å². The zero-order valence-electron chi connectivity index (χ0n) is 41.9. The van der Waals surface area contributed by atoms with Gasteiger partial charge in [-0.3, -0.25) is 58.1 Å². The van der Waals surface area contributed by atoms with Gasteiger partial charge in [0.1, 0.15) is 42.3 Å². The monoisotopic (exact) mass is 1090 g/mol. The number of carboxylic acid groups (broad SMARTS) is 1. The van der Waals surface area contributed by atoms with Crippen molar-refractivity contribution >= 4 is 98.6 Å². The molecule has 0 radical (unpaired) electrons. The van der Waals surface area contributed by atoms with Crippen LogP contribution < -0.4 is 87.6 Å². The topological polar surface area (TPSA) is 504 Å². The number of nitrogens with two attached hydrogens (primary N) is 6. The van der Waals surface area contributed by atoms with Crippen LogP contribution in [-0.2, 0) is 47.9 Å². The molecule has 2 aliphatic rings. The Bertz CT molecular complexity index is 2030. The Labute approximate surface area is 436 Å². The molecular weight excluding hydrogens is 1010 g/mol. The molecule has 9 atom stereocenters. The Hall–Kier alpha value is -6.83. The summed E-state index contributed by atoms with van der Waals surface area (Å²) < 4.78 is 0. The molecule has 9 amide bonds. The SMILES string of the molecule is CC[C@H](C)[C@@H]1NC(=O)[C@H](CCCN=C(N)N)NC(=O)[C@H](C)NC(=O)[C@H](CCCN=C(N)N)NC(=O)[C@@H](NC(=O)[C@@H]2CCCN2)CSSC[C@@H](C(=O)N[C@@H](CCCN=C(N)N)C(=O)O)NC(=O)CNC(=O)CNC1=O. The third kappa shape index (κ3) is 24.7. The third-order valence-corrected chi connectivity index (χ3v) is 13.8. The normalized spacial score (nSPS) is 24.0. The van der Waals surface area contributed by atoms with Crippen LogP contribution in [0.1, 0.15) is 78.6 Å². The molecule has 2 heterocycles. The Balaban J connectivity index is 2.60. The van der Waals surface area contributed by atoms with Gasteiger partial charge in [0.2, 0.25) is 53.2 Å². The highest BCUT2D eigenvalue weighted by atomic mass is 33.1. The van der Waals surface area contributed by atoms with Crippen molar-refractivity contribution in [3.05, 3.63) is 0 Å². The molecule has 0 unspecified atom stereocenters. The maximum absolute atomic E-state index is 14.2. The molecule has 0 saturated carbocycles. The number of nitrogens with one attached hydrogen (secondary N) is 10. The first kappa shape index (κ1) is 63.3. The van der Waals surface area contributed by atoms with Crippen molar-refractivity contribution in [2.45, 2.75) is 127 Å². The minimum atomic E-state index is -1.44. The average Bonchev–Trinajstić information content (AvgIpc) is 3.89. The van der Waals surface area contributed by atoms with Crippen LogP contribution in [0.25, 0.3) is 0 Å². The summed E-state index contributed by atoms with van der Waals surface area (Å²) in [7, 11) is 1.96. The van der Waals surface area contributed by atoms with Crippen molar-refractivity contribution in [3.63, 3.8) is 0 Å². The predicted octanol–water partition coefficient (Wildman–Crippen LogP) is -6.93. The van der Waals surface area contributed by atoms with E-state index in [4.69, 9.17) is 34.4 Å². The van der Waals surface area contributed by atoms with E-state index in [1.807, 2.05) is 0 Å². The van der Waals surface area contributed by atoms with E-state index in [1.54, 1.807) is 13.8 Å². The number of carboxylic acids is 1. The van der Waals surface area contributed by atoms with Gasteiger partial charge in [-0.1, -0.05) is 41.9 Å². The summed E-state index contributed by atoms with van der Waals surface area (Å²) in [6, 6.07) is -10.0. The van der Waals surface area contributed by atoms with Gasteiger partial charge < -0.3 is 92.7 Å². The number of hydrogen-bond donors (Lipinski definition) is 17. The molecule has 416 valence electrons. The van der Waals surface area contributed by atoms with Crippen LogP contribution >= 0.6 is 21.6 Å². The highest BCUT2D eigenvalue weighted by Gasteiger charge is 2.34. The third-order valence-electron chi connectivity index (χ3n) is 11.3. The number of hydrogen-bond acceptors (Lipinski definition) is 16. The van der Waals surface area contributed by atoms with Gasteiger partial charge in [-0.15, -0.1) is 0 Å². The number of rotatable bonds is 19. The zero-order chi connectivity index (χ0) is 55.3. The second kappa shape index (κ2) is 33.8. The summed E-state index contributed by atoms with van der Waals surface area (Å²) in [4.78, 5) is 147. The molecule has 2 rings (SSSR count). The molecular formula is C42H75N19O11S2. The standard InChI is InChI=1S/C42H75N19O11S2/c1-4-21(2)31-38(70)54-17-29(62)53-18-30(63)56-27(36(68)59-26(39(71)72)12-8-16-52-42(47)48)19-73-74-20-28(60-33(65)23-9-5-13-49-23)37(69)58-24(10-6-14-50-40(43)44)34(66)55-22(3)32(64)57-25(35(67)61-31)11-7-15-51-41(45)46/h21-28,31,49H,4-20H2,1-3H3,(H,53,62)(H,54,70)(H,55,66)(H,56,63)(H,57,64)(H,58,69)(H,59,68)(H,60,65)(H,61,67)(H,71,72)(H4,43,44,50)(H4,45,46,51)(H4,47,48,52)/t21-,22-,23-,24-,25-,26-,27-,28-,31-/m0/s1. The van der Waals surface area contributed by atoms with Crippen molar-refractivity contribution in [2.75, 3.05) is 50.8 Å². The summed E-state index contributed by atoms with van der Waals surface area (Å²) in [5.41, 5.74) is 32.7. The van der Waals surface area contributed by atoms with Gasteiger partial charge in [0, 0.05) is 31.1 Å². The maximum atomic E-state index is 14.2. The van der Waals surface area contributed by atoms with E-state index in [-0.39, 0.29) is 87.5 Å². The first-order valence-corrected chi connectivity index (χ1v) is 26.5. The van der Waals surface area contributed by atoms with Gasteiger partial charge in [-0.25, -0.2) is 4.79 Å². The molecule has 30 nitrogen and oxygen atoms in total. The van der Waals surface area contributed by atoms with Gasteiger partial charge in [0.05, 0.1) is 19.1 Å². The first-order valence-electron chi connectivity index (χ1n) is 24.0. The fraction of sp³-hybridized carbons (Fsp3) is 0.690.